The van der Waals surface area contributed by atoms with Gasteiger partial charge in [0.15, 0.2) is 0 Å². The van der Waals surface area contributed by atoms with Crippen molar-refractivity contribution >= 4 is 11.7 Å². The summed E-state index contributed by atoms with van der Waals surface area (Å²) in [4.78, 5) is 18.7. The Bertz CT molecular complexity index is 693. The minimum atomic E-state index is -0.196. The van der Waals surface area contributed by atoms with Gasteiger partial charge in [-0.2, -0.15) is 0 Å². The highest BCUT2D eigenvalue weighted by Gasteiger charge is 2.23. The Kier molecular flexibility index (Phi) is 5.85. The molecule has 1 saturated heterocycles. The Balaban J connectivity index is 1.52. The van der Waals surface area contributed by atoms with Crippen LogP contribution in [0.3, 0.4) is 0 Å². The normalized spacial score (nSPS) is 17.2. The summed E-state index contributed by atoms with van der Waals surface area (Å²) in [6.07, 6.45) is 4.02. The van der Waals surface area contributed by atoms with Crippen LogP contribution >= 0.6 is 0 Å². The molecule has 2 N–H and O–H groups in total. The summed E-state index contributed by atoms with van der Waals surface area (Å²) in [6.45, 7) is 4.98. The molecule has 0 radical (unpaired) electrons. The molecule has 2 amide bonds. The molecular weight excluding hydrogens is 316 g/mol. The third-order valence-corrected chi connectivity index (χ3v) is 4.36. The summed E-state index contributed by atoms with van der Waals surface area (Å²) in [5, 5.41) is 5.82. The molecule has 6 nitrogen and oxygen atoms in total. The molecule has 1 aliphatic heterocycles. The van der Waals surface area contributed by atoms with E-state index in [4.69, 9.17) is 4.74 Å². The smallest absolute Gasteiger partial charge is 0.319 e. The lowest BCUT2D eigenvalue weighted by Crippen LogP contribution is -2.41. The standard InChI is InChI=1S/C19H24N4O2/c1-2-23-12-6-8-16(23)14-21-19(24)22-15-7-5-9-17(13-15)25-18-10-3-4-11-20-18/h3-5,7,9-11,13,16H,2,6,8,12,14H2,1H3,(H2,21,22,24)/t16-/m0/s1. The minimum Gasteiger partial charge on any atom is -0.439 e. The Labute approximate surface area is 148 Å². The fourth-order valence-corrected chi connectivity index (χ4v) is 3.09. The van der Waals surface area contributed by atoms with Crippen LogP contribution in [-0.4, -0.2) is 41.6 Å². The summed E-state index contributed by atoms with van der Waals surface area (Å²) in [7, 11) is 0. The van der Waals surface area contributed by atoms with Crippen molar-refractivity contribution in [1.82, 2.24) is 15.2 Å². The summed E-state index contributed by atoms with van der Waals surface area (Å²) >= 11 is 0. The molecule has 0 aliphatic carbocycles. The SMILES string of the molecule is CCN1CCC[C@H]1CNC(=O)Nc1cccc(Oc2ccccn2)c1. The summed E-state index contributed by atoms with van der Waals surface area (Å²) in [5.41, 5.74) is 0.685. The first-order valence-electron chi connectivity index (χ1n) is 8.72. The molecule has 132 valence electrons. The number of ether oxygens (including phenoxy) is 1. The van der Waals surface area contributed by atoms with Crippen LogP contribution in [0.5, 0.6) is 11.6 Å². The van der Waals surface area contributed by atoms with Crippen LogP contribution in [-0.2, 0) is 0 Å². The number of urea groups is 1. The van der Waals surface area contributed by atoms with Gasteiger partial charge in [0.05, 0.1) is 0 Å². The Hall–Kier alpha value is -2.60. The number of likely N-dealkylation sites (tertiary alicyclic amines) is 1. The Morgan fingerprint density at radius 2 is 2.24 bits per heavy atom. The van der Waals surface area contributed by atoms with E-state index in [1.54, 1.807) is 18.3 Å². The first-order chi connectivity index (χ1) is 12.2. The van der Waals surface area contributed by atoms with E-state index in [0.29, 0.717) is 29.9 Å². The minimum absolute atomic E-state index is 0.196. The van der Waals surface area contributed by atoms with E-state index in [9.17, 15) is 4.79 Å². The topological polar surface area (TPSA) is 66.5 Å². The molecule has 0 bridgehead atoms. The number of pyridine rings is 1. The van der Waals surface area contributed by atoms with Crippen molar-refractivity contribution in [2.45, 2.75) is 25.8 Å². The molecule has 1 aromatic carbocycles. The van der Waals surface area contributed by atoms with Crippen molar-refractivity contribution in [3.63, 3.8) is 0 Å². The molecule has 1 aliphatic rings. The monoisotopic (exact) mass is 340 g/mol. The van der Waals surface area contributed by atoms with Crippen LogP contribution in [0.15, 0.2) is 48.7 Å². The maximum atomic E-state index is 12.1. The number of carbonyl (C=O) groups is 1. The van der Waals surface area contributed by atoms with Gasteiger partial charge in [-0.25, -0.2) is 9.78 Å². The highest BCUT2D eigenvalue weighted by atomic mass is 16.5. The zero-order valence-corrected chi connectivity index (χ0v) is 14.4. The van der Waals surface area contributed by atoms with Crippen molar-refractivity contribution in [2.24, 2.45) is 0 Å². The average molecular weight is 340 g/mol. The quantitative estimate of drug-likeness (QED) is 0.845. The number of hydrogen-bond acceptors (Lipinski definition) is 4. The summed E-state index contributed by atoms with van der Waals surface area (Å²) in [6, 6.07) is 13.0. The van der Waals surface area contributed by atoms with Crippen molar-refractivity contribution in [3.8, 4) is 11.6 Å². The summed E-state index contributed by atoms with van der Waals surface area (Å²) in [5.74, 6) is 1.15. The number of aromatic nitrogens is 1. The Morgan fingerprint density at radius 3 is 3.04 bits per heavy atom. The van der Waals surface area contributed by atoms with E-state index < -0.39 is 0 Å². The molecule has 1 atom stereocenters. The lowest BCUT2D eigenvalue weighted by Gasteiger charge is -2.22. The number of likely N-dealkylation sites (N-methyl/N-ethyl adjacent to an activating group) is 1. The van der Waals surface area contributed by atoms with Crippen LogP contribution < -0.4 is 15.4 Å². The third kappa shape index (κ3) is 4.93. The van der Waals surface area contributed by atoms with Gasteiger partial charge in [0.25, 0.3) is 0 Å². The highest BCUT2D eigenvalue weighted by molar-refractivity contribution is 5.89. The lowest BCUT2D eigenvalue weighted by molar-refractivity contribution is 0.238. The number of anilines is 1. The van der Waals surface area contributed by atoms with Crippen LogP contribution in [0, 0.1) is 0 Å². The van der Waals surface area contributed by atoms with Gasteiger partial charge in [0.1, 0.15) is 5.75 Å². The number of benzene rings is 1. The van der Waals surface area contributed by atoms with E-state index in [1.165, 1.54) is 6.42 Å². The van der Waals surface area contributed by atoms with Crippen LogP contribution in [0.2, 0.25) is 0 Å². The highest BCUT2D eigenvalue weighted by Crippen LogP contribution is 2.22. The molecule has 1 aromatic heterocycles. The fraction of sp³-hybridized carbons (Fsp3) is 0.368. The average Bonchev–Trinajstić information content (AvgIpc) is 3.09. The number of hydrogen-bond donors (Lipinski definition) is 2. The molecule has 25 heavy (non-hydrogen) atoms. The van der Waals surface area contributed by atoms with Crippen molar-refractivity contribution in [2.75, 3.05) is 25.0 Å². The van der Waals surface area contributed by atoms with E-state index in [-0.39, 0.29) is 6.03 Å². The van der Waals surface area contributed by atoms with Gasteiger partial charge in [-0.15, -0.1) is 0 Å². The second kappa shape index (κ2) is 8.48. The first-order valence-corrected chi connectivity index (χ1v) is 8.72. The number of nitrogens with zero attached hydrogens (tertiary/aromatic N) is 2. The number of rotatable bonds is 6. The van der Waals surface area contributed by atoms with Gasteiger partial charge in [0.2, 0.25) is 5.88 Å². The largest absolute Gasteiger partial charge is 0.439 e. The van der Waals surface area contributed by atoms with Gasteiger partial charge in [-0.1, -0.05) is 19.1 Å². The lowest BCUT2D eigenvalue weighted by atomic mass is 10.2. The molecule has 0 spiro atoms. The second-order valence-corrected chi connectivity index (χ2v) is 6.06. The van der Waals surface area contributed by atoms with E-state index in [2.05, 4.69) is 27.4 Å². The third-order valence-electron chi connectivity index (χ3n) is 4.36. The molecule has 2 heterocycles. The fourth-order valence-electron chi connectivity index (χ4n) is 3.09. The molecular formula is C19H24N4O2. The maximum Gasteiger partial charge on any atom is 0.319 e. The number of amides is 2. The van der Waals surface area contributed by atoms with Gasteiger partial charge in [-0.05, 0) is 44.1 Å². The predicted molar refractivity (Wildman–Crippen MR) is 98.0 cm³/mol. The van der Waals surface area contributed by atoms with Gasteiger partial charge in [0, 0.05) is 36.6 Å². The van der Waals surface area contributed by atoms with Crippen LogP contribution in [0.4, 0.5) is 10.5 Å². The molecule has 2 aromatic rings. The number of carbonyl (C=O) groups excluding carboxylic acids is 1. The summed E-state index contributed by atoms with van der Waals surface area (Å²) < 4.78 is 5.68. The molecule has 0 unspecified atom stereocenters. The Morgan fingerprint density at radius 1 is 1.32 bits per heavy atom. The van der Waals surface area contributed by atoms with Crippen molar-refractivity contribution < 1.29 is 9.53 Å². The van der Waals surface area contributed by atoms with E-state index >= 15 is 0 Å². The van der Waals surface area contributed by atoms with Crippen LogP contribution in [0.25, 0.3) is 0 Å². The van der Waals surface area contributed by atoms with Crippen molar-refractivity contribution in [3.05, 3.63) is 48.7 Å². The zero-order chi connectivity index (χ0) is 17.5. The molecule has 6 heteroatoms. The van der Waals surface area contributed by atoms with Crippen LogP contribution in [0.1, 0.15) is 19.8 Å². The van der Waals surface area contributed by atoms with Gasteiger partial charge >= 0.3 is 6.03 Å². The van der Waals surface area contributed by atoms with Gasteiger partial charge in [-0.3, -0.25) is 4.90 Å². The first kappa shape index (κ1) is 17.2. The van der Waals surface area contributed by atoms with Gasteiger partial charge < -0.3 is 15.4 Å². The number of nitrogens with one attached hydrogen (secondary N) is 2. The zero-order valence-electron chi connectivity index (χ0n) is 14.4. The van der Waals surface area contributed by atoms with Crippen molar-refractivity contribution in [1.29, 1.82) is 0 Å². The molecule has 3 rings (SSSR count). The molecule has 0 saturated carbocycles. The second-order valence-electron chi connectivity index (χ2n) is 6.06. The predicted octanol–water partition coefficient (Wildman–Crippen LogP) is 3.48. The maximum absolute atomic E-state index is 12.1. The van der Waals surface area contributed by atoms with E-state index in [1.807, 2.05) is 30.3 Å². The molecule has 1 fully saturated rings. The van der Waals surface area contributed by atoms with E-state index in [0.717, 1.165) is 19.5 Å².